The standard InChI is InChI=1S/C14H25ClN4O/c1-4-20-14(10-5-6-10)12(16)13-11(15)9-17-19(13)8-7-18(2)3/h9-10,12,14H,4-8,16H2,1-3H3. The van der Waals surface area contributed by atoms with Crippen LogP contribution >= 0.6 is 11.6 Å². The van der Waals surface area contributed by atoms with Crippen molar-refractivity contribution in [2.75, 3.05) is 27.2 Å². The number of aromatic nitrogens is 2. The van der Waals surface area contributed by atoms with Gasteiger partial charge in [0, 0.05) is 13.2 Å². The van der Waals surface area contributed by atoms with Gasteiger partial charge in [0.25, 0.3) is 0 Å². The summed E-state index contributed by atoms with van der Waals surface area (Å²) in [5.74, 6) is 0.568. The van der Waals surface area contributed by atoms with Crippen LogP contribution in [0.5, 0.6) is 0 Å². The molecule has 1 fully saturated rings. The number of ether oxygens (including phenoxy) is 1. The van der Waals surface area contributed by atoms with Gasteiger partial charge in [0.2, 0.25) is 0 Å². The third kappa shape index (κ3) is 3.73. The molecule has 1 aromatic heterocycles. The number of likely N-dealkylation sites (N-methyl/N-ethyl adjacent to an activating group) is 1. The topological polar surface area (TPSA) is 56.3 Å². The number of nitrogens with two attached hydrogens (primary N) is 1. The normalized spacial score (nSPS) is 18.5. The average Bonchev–Trinajstić information content (AvgIpc) is 3.16. The lowest BCUT2D eigenvalue weighted by molar-refractivity contribution is 0.0263. The van der Waals surface area contributed by atoms with Crippen molar-refractivity contribution in [2.24, 2.45) is 11.7 Å². The van der Waals surface area contributed by atoms with Crippen molar-refractivity contribution in [2.45, 2.75) is 38.5 Å². The predicted molar refractivity (Wildman–Crippen MR) is 80.9 cm³/mol. The van der Waals surface area contributed by atoms with Crippen LogP contribution in [0.25, 0.3) is 0 Å². The minimum Gasteiger partial charge on any atom is -0.376 e. The van der Waals surface area contributed by atoms with E-state index < -0.39 is 0 Å². The van der Waals surface area contributed by atoms with Crippen molar-refractivity contribution in [1.82, 2.24) is 14.7 Å². The van der Waals surface area contributed by atoms with Gasteiger partial charge in [-0.15, -0.1) is 0 Å². The highest BCUT2D eigenvalue weighted by atomic mass is 35.5. The molecule has 2 rings (SSSR count). The molecular formula is C14H25ClN4O. The van der Waals surface area contributed by atoms with Gasteiger partial charge in [-0.3, -0.25) is 4.68 Å². The SMILES string of the molecule is CCOC(C1CC1)C(N)c1c(Cl)cnn1CCN(C)C. The van der Waals surface area contributed by atoms with Gasteiger partial charge in [-0.05, 0) is 39.8 Å². The predicted octanol–water partition coefficient (Wildman–Crippen LogP) is 1.91. The first-order chi connectivity index (χ1) is 9.54. The second-order valence-corrected chi connectivity index (χ2v) is 6.09. The minimum atomic E-state index is -0.209. The van der Waals surface area contributed by atoms with Crippen LogP contribution in [-0.4, -0.2) is 48.0 Å². The molecule has 0 aromatic carbocycles. The first kappa shape index (κ1) is 15.8. The lowest BCUT2D eigenvalue weighted by Gasteiger charge is -2.25. The molecule has 2 unspecified atom stereocenters. The maximum Gasteiger partial charge on any atom is 0.0835 e. The quantitative estimate of drug-likeness (QED) is 0.797. The van der Waals surface area contributed by atoms with Gasteiger partial charge in [-0.25, -0.2) is 0 Å². The molecule has 1 aliphatic carbocycles. The molecule has 114 valence electrons. The maximum atomic E-state index is 6.43. The van der Waals surface area contributed by atoms with E-state index in [1.54, 1.807) is 6.20 Å². The summed E-state index contributed by atoms with van der Waals surface area (Å²) in [4.78, 5) is 2.12. The van der Waals surface area contributed by atoms with E-state index in [0.29, 0.717) is 17.5 Å². The molecule has 5 nitrogen and oxygen atoms in total. The third-order valence-corrected chi connectivity index (χ3v) is 4.00. The van der Waals surface area contributed by atoms with E-state index >= 15 is 0 Å². The molecule has 0 amide bonds. The number of halogens is 1. The van der Waals surface area contributed by atoms with Crippen molar-refractivity contribution >= 4 is 11.6 Å². The Morgan fingerprint density at radius 1 is 1.55 bits per heavy atom. The Bertz CT molecular complexity index is 431. The van der Waals surface area contributed by atoms with Gasteiger partial charge in [0.05, 0.1) is 35.6 Å². The van der Waals surface area contributed by atoms with Gasteiger partial charge in [0.1, 0.15) is 0 Å². The van der Waals surface area contributed by atoms with Gasteiger partial charge < -0.3 is 15.4 Å². The van der Waals surface area contributed by atoms with Crippen LogP contribution in [0.4, 0.5) is 0 Å². The Morgan fingerprint density at radius 2 is 2.25 bits per heavy atom. The van der Waals surface area contributed by atoms with E-state index in [1.165, 1.54) is 12.8 Å². The van der Waals surface area contributed by atoms with Crippen LogP contribution in [0.1, 0.15) is 31.5 Å². The van der Waals surface area contributed by atoms with Crippen molar-refractivity contribution in [3.05, 3.63) is 16.9 Å². The fraction of sp³-hybridized carbons (Fsp3) is 0.786. The summed E-state index contributed by atoms with van der Waals surface area (Å²) in [6.45, 7) is 4.37. The molecule has 0 aliphatic heterocycles. The van der Waals surface area contributed by atoms with Crippen LogP contribution < -0.4 is 5.73 Å². The first-order valence-corrected chi connectivity index (χ1v) is 7.65. The van der Waals surface area contributed by atoms with Crippen molar-refractivity contribution < 1.29 is 4.74 Å². The molecule has 2 atom stereocenters. The molecule has 1 aromatic rings. The summed E-state index contributed by atoms with van der Waals surface area (Å²) in [5, 5.41) is 4.99. The second kappa shape index (κ2) is 6.89. The van der Waals surface area contributed by atoms with E-state index in [-0.39, 0.29) is 12.1 Å². The highest BCUT2D eigenvalue weighted by Crippen LogP contribution is 2.40. The smallest absolute Gasteiger partial charge is 0.0835 e. The zero-order valence-electron chi connectivity index (χ0n) is 12.6. The van der Waals surface area contributed by atoms with Crippen LogP contribution in [-0.2, 0) is 11.3 Å². The first-order valence-electron chi connectivity index (χ1n) is 7.27. The van der Waals surface area contributed by atoms with E-state index in [9.17, 15) is 0 Å². The van der Waals surface area contributed by atoms with Crippen molar-refractivity contribution in [3.8, 4) is 0 Å². The zero-order valence-corrected chi connectivity index (χ0v) is 13.3. The highest BCUT2D eigenvalue weighted by Gasteiger charge is 2.38. The molecule has 0 bridgehead atoms. The molecule has 0 saturated heterocycles. The lowest BCUT2D eigenvalue weighted by atomic mass is 10.0. The van der Waals surface area contributed by atoms with Crippen LogP contribution in [0, 0.1) is 5.92 Å². The molecule has 0 radical (unpaired) electrons. The summed E-state index contributed by atoms with van der Waals surface area (Å²) in [7, 11) is 4.08. The number of hydrogen-bond donors (Lipinski definition) is 1. The number of nitrogens with zero attached hydrogens (tertiary/aromatic N) is 3. The molecule has 1 heterocycles. The molecule has 1 saturated carbocycles. The summed E-state index contributed by atoms with van der Waals surface area (Å²) in [6, 6.07) is -0.209. The largest absolute Gasteiger partial charge is 0.376 e. The zero-order chi connectivity index (χ0) is 14.7. The molecule has 20 heavy (non-hydrogen) atoms. The van der Waals surface area contributed by atoms with Crippen LogP contribution in [0.3, 0.4) is 0 Å². The van der Waals surface area contributed by atoms with Crippen LogP contribution in [0.15, 0.2) is 6.20 Å². The monoisotopic (exact) mass is 300 g/mol. The van der Waals surface area contributed by atoms with Gasteiger partial charge in [0.15, 0.2) is 0 Å². The Hall–Kier alpha value is -0.620. The number of hydrogen-bond acceptors (Lipinski definition) is 4. The van der Waals surface area contributed by atoms with E-state index in [2.05, 4.69) is 10.00 Å². The van der Waals surface area contributed by atoms with Crippen molar-refractivity contribution in [1.29, 1.82) is 0 Å². The second-order valence-electron chi connectivity index (χ2n) is 5.69. The molecular weight excluding hydrogens is 276 g/mol. The van der Waals surface area contributed by atoms with E-state index in [4.69, 9.17) is 22.1 Å². The fourth-order valence-corrected chi connectivity index (χ4v) is 2.75. The lowest BCUT2D eigenvalue weighted by Crippen LogP contribution is -2.33. The molecule has 1 aliphatic rings. The van der Waals surface area contributed by atoms with Crippen molar-refractivity contribution in [3.63, 3.8) is 0 Å². The summed E-state index contributed by atoms with van der Waals surface area (Å²) >= 11 is 6.29. The van der Waals surface area contributed by atoms with E-state index in [0.717, 1.165) is 18.8 Å². The Balaban J connectivity index is 2.14. The Morgan fingerprint density at radius 3 is 2.80 bits per heavy atom. The summed E-state index contributed by atoms with van der Waals surface area (Å²) in [6.07, 6.45) is 4.12. The molecule has 2 N–H and O–H groups in total. The summed E-state index contributed by atoms with van der Waals surface area (Å²) < 4.78 is 7.77. The highest BCUT2D eigenvalue weighted by molar-refractivity contribution is 6.31. The third-order valence-electron chi connectivity index (χ3n) is 3.71. The van der Waals surface area contributed by atoms with Gasteiger partial charge in [-0.1, -0.05) is 11.6 Å². The minimum absolute atomic E-state index is 0.0484. The van der Waals surface area contributed by atoms with E-state index in [1.807, 2.05) is 25.7 Å². The van der Waals surface area contributed by atoms with Gasteiger partial charge in [-0.2, -0.15) is 5.10 Å². The van der Waals surface area contributed by atoms with Gasteiger partial charge >= 0.3 is 0 Å². The number of rotatable bonds is 8. The maximum absolute atomic E-state index is 6.43. The molecule has 0 spiro atoms. The average molecular weight is 301 g/mol. The fourth-order valence-electron chi connectivity index (χ4n) is 2.48. The Kier molecular flexibility index (Phi) is 5.43. The molecule has 6 heteroatoms. The Labute approximate surface area is 126 Å². The van der Waals surface area contributed by atoms with Crippen LogP contribution in [0.2, 0.25) is 5.02 Å². The summed E-state index contributed by atoms with van der Waals surface area (Å²) in [5.41, 5.74) is 7.34.